The van der Waals surface area contributed by atoms with Gasteiger partial charge in [0.15, 0.2) is 17.5 Å². The molecule has 0 aliphatic rings. The molecule has 14 aromatic carbocycles. The molecule has 466 valence electrons. The summed E-state index contributed by atoms with van der Waals surface area (Å²) in [7, 11) is 0. The van der Waals surface area contributed by atoms with E-state index in [-0.39, 0.29) is 0 Å². The minimum Gasteiger partial charge on any atom is -0.309 e. The van der Waals surface area contributed by atoms with E-state index in [1.54, 1.807) is 0 Å². The van der Waals surface area contributed by atoms with Gasteiger partial charge >= 0.3 is 0 Å². The molecule has 0 saturated heterocycles. The molecule has 0 spiro atoms. The van der Waals surface area contributed by atoms with Crippen LogP contribution in [-0.2, 0) is 0 Å². The number of pyridine rings is 1. The highest BCUT2D eigenvalue weighted by atomic mass is 15.0. The van der Waals surface area contributed by atoms with Crippen molar-refractivity contribution in [1.29, 1.82) is 0 Å². The fraction of sp³-hybridized carbons (Fsp3) is 0. The average Bonchev–Trinajstić information content (AvgIpc) is 0.818. The van der Waals surface area contributed by atoms with Gasteiger partial charge in [0.2, 0.25) is 0 Å². The Morgan fingerprint density at radius 1 is 0.160 bits per heavy atom. The summed E-state index contributed by atoms with van der Waals surface area (Å²) in [6, 6.07) is 126. The number of aromatic nitrogens is 8. The van der Waals surface area contributed by atoms with E-state index in [4.69, 9.17) is 19.9 Å². The Labute approximate surface area is 575 Å². The smallest absolute Gasteiger partial charge is 0.165 e. The van der Waals surface area contributed by atoms with E-state index in [0.717, 1.165) is 128 Å². The normalized spacial score (nSPS) is 11.8. The highest BCUT2D eigenvalue weighted by Gasteiger charge is 2.30. The Morgan fingerprint density at radius 3 is 0.660 bits per heavy atom. The molecular formula is C92H58N8. The van der Waals surface area contributed by atoms with Crippen LogP contribution in [0.25, 0.3) is 189 Å². The predicted octanol–water partition coefficient (Wildman–Crippen LogP) is 23.3. The van der Waals surface area contributed by atoms with Crippen LogP contribution < -0.4 is 0 Å². The third kappa shape index (κ3) is 9.08. The lowest BCUT2D eigenvalue weighted by Gasteiger charge is -2.24. The van der Waals surface area contributed by atoms with Gasteiger partial charge in [0.05, 0.1) is 55.5 Å². The molecule has 0 bridgehead atoms. The monoisotopic (exact) mass is 1270 g/mol. The van der Waals surface area contributed by atoms with Crippen LogP contribution in [0, 0.1) is 0 Å². The van der Waals surface area contributed by atoms with E-state index in [1.165, 1.54) is 43.1 Å². The summed E-state index contributed by atoms with van der Waals surface area (Å²) in [6.45, 7) is 0. The first-order valence-corrected chi connectivity index (χ1v) is 33.9. The maximum absolute atomic E-state index is 6.39. The molecule has 20 aromatic rings. The van der Waals surface area contributed by atoms with Crippen molar-refractivity contribution in [2.45, 2.75) is 0 Å². The molecule has 6 heterocycles. The second-order valence-corrected chi connectivity index (χ2v) is 25.7. The minimum absolute atomic E-state index is 0.490. The molecule has 0 fully saturated rings. The first kappa shape index (κ1) is 56.8. The molecule has 0 radical (unpaired) electrons. The van der Waals surface area contributed by atoms with E-state index >= 15 is 0 Å². The van der Waals surface area contributed by atoms with Crippen molar-refractivity contribution >= 4 is 87.2 Å². The van der Waals surface area contributed by atoms with Gasteiger partial charge in [0.1, 0.15) is 0 Å². The van der Waals surface area contributed by atoms with Crippen molar-refractivity contribution in [3.8, 4) is 102 Å². The zero-order valence-corrected chi connectivity index (χ0v) is 54.1. The lowest BCUT2D eigenvalue weighted by atomic mass is 9.85. The Morgan fingerprint density at radius 2 is 0.380 bits per heavy atom. The predicted molar refractivity (Wildman–Crippen MR) is 413 cm³/mol. The lowest BCUT2D eigenvalue weighted by Crippen LogP contribution is -2.07. The van der Waals surface area contributed by atoms with Gasteiger partial charge < -0.3 is 18.3 Å². The second kappa shape index (κ2) is 23.1. The third-order valence-corrected chi connectivity index (χ3v) is 20.0. The van der Waals surface area contributed by atoms with Gasteiger partial charge in [-0.05, 0) is 108 Å². The number of hydrogen-bond acceptors (Lipinski definition) is 4. The van der Waals surface area contributed by atoms with Gasteiger partial charge in [-0.3, -0.25) is 0 Å². The zero-order chi connectivity index (χ0) is 65.8. The summed E-state index contributed by atoms with van der Waals surface area (Å²) in [6.07, 6.45) is 0. The molecule has 0 atom stereocenters. The third-order valence-electron chi connectivity index (χ3n) is 20.0. The maximum atomic E-state index is 6.39. The maximum Gasteiger partial charge on any atom is 0.165 e. The van der Waals surface area contributed by atoms with Crippen LogP contribution in [0.4, 0.5) is 0 Å². The van der Waals surface area contributed by atoms with E-state index < -0.39 is 0 Å². The first-order valence-electron chi connectivity index (χ1n) is 33.9. The fourth-order valence-corrected chi connectivity index (χ4v) is 15.7. The molecular weight excluding hydrogens is 1220 g/mol. The van der Waals surface area contributed by atoms with Crippen molar-refractivity contribution in [1.82, 2.24) is 38.2 Å². The average molecular weight is 1280 g/mol. The summed E-state index contributed by atoms with van der Waals surface area (Å²) in [5, 5.41) is 9.45. The Kier molecular flexibility index (Phi) is 13.1. The van der Waals surface area contributed by atoms with Gasteiger partial charge in [0, 0.05) is 105 Å². The molecule has 0 aliphatic heterocycles. The van der Waals surface area contributed by atoms with Crippen LogP contribution in [0.5, 0.6) is 0 Å². The van der Waals surface area contributed by atoms with Crippen molar-refractivity contribution < 1.29 is 0 Å². The molecule has 100 heavy (non-hydrogen) atoms. The topological polar surface area (TPSA) is 71.3 Å². The van der Waals surface area contributed by atoms with E-state index in [0.29, 0.717) is 17.5 Å². The molecule has 6 aromatic heterocycles. The highest BCUT2D eigenvalue weighted by Crippen LogP contribution is 2.51. The second-order valence-electron chi connectivity index (χ2n) is 25.7. The molecule has 0 amide bonds. The Balaban J connectivity index is 0.970. The van der Waals surface area contributed by atoms with Gasteiger partial charge in [-0.15, -0.1) is 0 Å². The van der Waals surface area contributed by atoms with Gasteiger partial charge in [-0.25, -0.2) is 19.9 Å². The number of hydrogen-bond donors (Lipinski definition) is 0. The van der Waals surface area contributed by atoms with E-state index in [2.05, 4.69) is 358 Å². The summed E-state index contributed by atoms with van der Waals surface area (Å²) < 4.78 is 9.59. The SMILES string of the molecule is c1ccc(-c2nc(-c3ccccc3)nc(-c3c(-c4cccc(-n5c6ccccc6c6ccccc65)c4)c(-c4cccc(-n5c6ccccc6c6ccccc65)c4)nc(-c4cccc(-n5c6ccccc6c6ccccc65)c4)c3-c3cccc(-n4c5ccccc5c5ccccc54)c3)n2)cc1. The molecule has 8 heteroatoms. The van der Waals surface area contributed by atoms with Gasteiger partial charge in [0.25, 0.3) is 0 Å². The standard InChI is InChI=1S/C92H58N8/c1-3-27-59(28-4-1)90-94-91(60-29-5-2-6-30-60)96-92(95-90)87-85(61-31-23-35-65(55-61)97-77-47-15-7-39-69(77)70-40-8-16-48-78(70)97)88(63-33-25-37-67(57-63)99-81-51-19-11-43-73(81)74-44-12-20-52-82(74)99)93-89(64-34-26-38-68(58-64)100-83-53-21-13-45-75(83)76-46-14-22-54-84(76)100)86(87)62-32-24-36-66(56-62)98-79-49-17-9-41-71(79)72-42-10-18-50-80(72)98/h1-58H. The zero-order valence-electron chi connectivity index (χ0n) is 54.1. The number of para-hydroxylation sites is 8. The largest absolute Gasteiger partial charge is 0.309 e. The van der Waals surface area contributed by atoms with Crippen LogP contribution in [0.3, 0.4) is 0 Å². The van der Waals surface area contributed by atoms with E-state index in [9.17, 15) is 0 Å². The fourth-order valence-electron chi connectivity index (χ4n) is 15.7. The van der Waals surface area contributed by atoms with Crippen LogP contribution in [0.15, 0.2) is 352 Å². The molecule has 8 nitrogen and oxygen atoms in total. The van der Waals surface area contributed by atoms with Crippen molar-refractivity contribution in [2.24, 2.45) is 0 Å². The van der Waals surface area contributed by atoms with Crippen LogP contribution in [0.1, 0.15) is 0 Å². The summed E-state index contributed by atoms with van der Waals surface area (Å²) >= 11 is 0. The summed E-state index contributed by atoms with van der Waals surface area (Å²) in [5.41, 5.74) is 22.2. The quantitative estimate of drug-likeness (QED) is 0.129. The first-order chi connectivity index (χ1) is 49.6. The van der Waals surface area contributed by atoms with Crippen LogP contribution in [0.2, 0.25) is 0 Å². The van der Waals surface area contributed by atoms with Crippen molar-refractivity contribution in [3.63, 3.8) is 0 Å². The van der Waals surface area contributed by atoms with Crippen molar-refractivity contribution in [3.05, 3.63) is 352 Å². The number of benzene rings is 14. The Hall–Kier alpha value is -13.6. The Bertz CT molecular complexity index is 6060. The van der Waals surface area contributed by atoms with E-state index in [1.807, 2.05) is 12.1 Å². The summed E-state index contributed by atoms with van der Waals surface area (Å²) in [4.78, 5) is 23.5. The molecule has 0 saturated carbocycles. The van der Waals surface area contributed by atoms with Crippen LogP contribution in [-0.4, -0.2) is 38.2 Å². The van der Waals surface area contributed by atoms with Gasteiger partial charge in [-0.2, -0.15) is 0 Å². The van der Waals surface area contributed by atoms with Gasteiger partial charge in [-0.1, -0.05) is 255 Å². The molecule has 0 aliphatic carbocycles. The van der Waals surface area contributed by atoms with Crippen LogP contribution >= 0.6 is 0 Å². The molecule has 0 N–H and O–H groups in total. The molecule has 20 rings (SSSR count). The number of rotatable bonds is 11. The molecule has 0 unspecified atom stereocenters. The number of nitrogens with zero attached hydrogens (tertiary/aromatic N) is 8. The van der Waals surface area contributed by atoms with Crippen molar-refractivity contribution in [2.75, 3.05) is 0 Å². The highest BCUT2D eigenvalue weighted by molar-refractivity contribution is 6.13. The minimum atomic E-state index is 0.490. The number of fused-ring (bicyclic) bond motifs is 12. The summed E-state index contributed by atoms with van der Waals surface area (Å²) in [5.74, 6) is 1.58. The lowest BCUT2D eigenvalue weighted by molar-refractivity contribution is 1.07.